The van der Waals surface area contributed by atoms with E-state index in [1.165, 1.54) is 39.5 Å². The van der Waals surface area contributed by atoms with Crippen LogP contribution in [0.15, 0.2) is 69.4 Å². The fourth-order valence-corrected chi connectivity index (χ4v) is 6.64. The maximum Gasteiger partial charge on any atom is 0.336 e. The molecule has 11 nitrogen and oxygen atoms in total. The van der Waals surface area contributed by atoms with Crippen LogP contribution in [-0.4, -0.2) is 55.5 Å². The quantitative estimate of drug-likeness (QED) is 0.268. The number of esters is 1. The first-order valence-electron chi connectivity index (χ1n) is 13.9. The van der Waals surface area contributed by atoms with Gasteiger partial charge in [-0.25, -0.2) is 9.59 Å². The Labute approximate surface area is 262 Å². The number of hydrogen-bond acceptors (Lipinski definition) is 10. The van der Waals surface area contributed by atoms with Crippen molar-refractivity contribution in [1.29, 1.82) is 0 Å². The highest BCUT2D eigenvalue weighted by Gasteiger charge is 2.64. The summed E-state index contributed by atoms with van der Waals surface area (Å²) in [7, 11) is 4.02. The smallest absolute Gasteiger partial charge is 0.336 e. The van der Waals surface area contributed by atoms with Gasteiger partial charge in [0.1, 0.15) is 33.6 Å². The number of ketones is 2. The predicted octanol–water partition coefficient (Wildman–Crippen LogP) is 5.33. The molecule has 0 unspecified atom stereocenters. The molecule has 0 amide bonds. The van der Waals surface area contributed by atoms with E-state index in [2.05, 4.69) is 5.32 Å². The molecule has 3 atom stereocenters. The van der Waals surface area contributed by atoms with Crippen LogP contribution in [0.4, 0.5) is 0 Å². The average Bonchev–Trinajstić information content (AvgIpc) is 3.64. The number of nitrogens with one attached hydrogen (secondary N) is 1. The van der Waals surface area contributed by atoms with Crippen molar-refractivity contribution in [1.82, 2.24) is 5.32 Å². The van der Waals surface area contributed by atoms with Crippen LogP contribution in [0.3, 0.4) is 0 Å². The van der Waals surface area contributed by atoms with E-state index >= 15 is 0 Å². The van der Waals surface area contributed by atoms with Crippen LogP contribution in [0.1, 0.15) is 52.7 Å². The Hall–Kier alpha value is -5.03. The second-order valence-corrected chi connectivity index (χ2v) is 11.3. The molecule has 1 spiro atoms. The fraction of sp³-hybridized carbons (Fsp3) is 0.273. The number of rotatable bonds is 6. The van der Waals surface area contributed by atoms with Crippen molar-refractivity contribution in [3.63, 3.8) is 0 Å². The number of hydrogen-bond donors (Lipinski definition) is 2. The maximum absolute atomic E-state index is 14.8. The van der Waals surface area contributed by atoms with E-state index in [9.17, 15) is 24.3 Å². The summed E-state index contributed by atoms with van der Waals surface area (Å²) >= 11 is 6.59. The van der Waals surface area contributed by atoms with E-state index in [4.69, 9.17) is 35.0 Å². The number of dihydropyridines is 1. The minimum Gasteiger partial charge on any atom is -0.496 e. The summed E-state index contributed by atoms with van der Waals surface area (Å²) in [5, 5.41) is 12.5. The molecular formula is C33H28ClNO10. The van der Waals surface area contributed by atoms with Gasteiger partial charge in [-0.3, -0.25) is 9.59 Å². The van der Waals surface area contributed by atoms with Gasteiger partial charge in [-0.2, -0.15) is 0 Å². The third-order valence-electron chi connectivity index (χ3n) is 8.58. The first-order chi connectivity index (χ1) is 21.5. The fourth-order valence-electron chi connectivity index (χ4n) is 6.38. The van der Waals surface area contributed by atoms with Gasteiger partial charge in [0, 0.05) is 34.5 Å². The summed E-state index contributed by atoms with van der Waals surface area (Å²) in [6.45, 7) is 3.43. The van der Waals surface area contributed by atoms with Crippen LogP contribution in [-0.2, 0) is 14.3 Å². The topological polar surface area (TPSA) is 151 Å². The van der Waals surface area contributed by atoms with Gasteiger partial charge >= 0.3 is 11.9 Å². The molecule has 45 heavy (non-hydrogen) atoms. The van der Waals surface area contributed by atoms with Crippen LogP contribution in [0.2, 0.25) is 5.02 Å². The summed E-state index contributed by atoms with van der Waals surface area (Å²) in [4.78, 5) is 53.7. The Morgan fingerprint density at radius 2 is 1.71 bits per heavy atom. The summed E-state index contributed by atoms with van der Waals surface area (Å²) in [6.07, 6.45) is 0.213. The number of allylic oxidation sites excluding steroid dienone is 2. The van der Waals surface area contributed by atoms with Gasteiger partial charge in [0.2, 0.25) is 17.2 Å². The van der Waals surface area contributed by atoms with E-state index in [1.54, 1.807) is 38.1 Å². The number of ether oxygens (including phenoxy) is 4. The largest absolute Gasteiger partial charge is 0.496 e. The van der Waals surface area contributed by atoms with Crippen LogP contribution in [0.25, 0.3) is 11.3 Å². The third-order valence-corrected chi connectivity index (χ3v) is 8.94. The maximum atomic E-state index is 14.8. The van der Waals surface area contributed by atoms with Gasteiger partial charge in [0.05, 0.1) is 38.4 Å². The first kappa shape index (κ1) is 30.0. The Bertz CT molecular complexity index is 1870. The standard InChI is InChI=1S/C33H28ClNO10/c1-14-12-18-24(29(36)33(14)30(37)26-21(41-3)13-22(42-4)27(34)28(26)45-33)25(23(15(2)35-18)32(40)43-5)20-11-10-19(44-20)16-6-8-17(9-7-16)31(38)39/h6-11,13-14,25,35H,12H2,1-5H3,(H,38,39)/t14-,25+,33+/m1/s1. The Balaban J connectivity index is 1.49. The van der Waals surface area contributed by atoms with Gasteiger partial charge in [-0.15, -0.1) is 0 Å². The van der Waals surface area contributed by atoms with E-state index in [0.717, 1.165) is 0 Å². The van der Waals surface area contributed by atoms with Crippen LogP contribution < -0.4 is 19.5 Å². The molecule has 2 aromatic carbocycles. The Morgan fingerprint density at radius 3 is 2.33 bits per heavy atom. The molecule has 3 aliphatic rings. The lowest BCUT2D eigenvalue weighted by atomic mass is 9.66. The molecule has 3 heterocycles. The molecule has 3 aromatic rings. The number of aromatic carboxylic acids is 1. The first-order valence-corrected chi connectivity index (χ1v) is 14.3. The molecule has 232 valence electrons. The van der Waals surface area contributed by atoms with E-state index in [-0.39, 0.29) is 56.7 Å². The molecule has 12 heteroatoms. The lowest BCUT2D eigenvalue weighted by molar-refractivity contribution is -0.136. The van der Waals surface area contributed by atoms with Crippen molar-refractivity contribution in [2.24, 2.45) is 5.92 Å². The van der Waals surface area contributed by atoms with Gasteiger partial charge in [0.25, 0.3) is 0 Å². The van der Waals surface area contributed by atoms with Crippen LogP contribution >= 0.6 is 11.6 Å². The van der Waals surface area contributed by atoms with Crippen molar-refractivity contribution in [2.45, 2.75) is 31.8 Å². The zero-order valence-corrected chi connectivity index (χ0v) is 25.7. The minimum atomic E-state index is -2.01. The van der Waals surface area contributed by atoms with Crippen molar-refractivity contribution in [2.75, 3.05) is 21.3 Å². The zero-order valence-electron chi connectivity index (χ0n) is 24.9. The summed E-state index contributed by atoms with van der Waals surface area (Å²) in [5.41, 5.74) is -0.0937. The number of halogens is 1. The van der Waals surface area contributed by atoms with Crippen LogP contribution in [0, 0.1) is 5.92 Å². The number of fused-ring (bicyclic) bond motifs is 1. The molecule has 0 saturated heterocycles. The zero-order chi connectivity index (χ0) is 32.4. The van der Waals surface area contributed by atoms with E-state index in [0.29, 0.717) is 22.7 Å². The molecule has 0 bridgehead atoms. The second kappa shape index (κ2) is 10.8. The predicted molar refractivity (Wildman–Crippen MR) is 160 cm³/mol. The highest BCUT2D eigenvalue weighted by molar-refractivity contribution is 6.36. The van der Waals surface area contributed by atoms with Crippen molar-refractivity contribution in [3.05, 3.63) is 86.9 Å². The molecule has 2 N–H and O–H groups in total. The number of Topliss-reactive ketones (excluding diaryl/α,β-unsaturated/α-hetero) is 2. The SMILES string of the molecule is COC(=O)C1=C(C)NC2=C(C(=O)[C@@]3(Oc4c(Cl)c(OC)cc(OC)c4C3=O)[C@H](C)C2)[C@H]1c1ccc(-c2ccc(C(=O)O)cc2)o1. The highest BCUT2D eigenvalue weighted by Crippen LogP contribution is 2.56. The van der Waals surface area contributed by atoms with Crippen LogP contribution in [0.5, 0.6) is 17.2 Å². The Morgan fingerprint density at radius 1 is 1.02 bits per heavy atom. The van der Waals surface area contributed by atoms with Gasteiger partial charge in [0.15, 0.2) is 5.75 Å². The highest BCUT2D eigenvalue weighted by atomic mass is 35.5. The molecule has 2 aliphatic heterocycles. The number of furan rings is 1. The Kier molecular flexibility index (Phi) is 7.24. The molecule has 0 radical (unpaired) electrons. The summed E-state index contributed by atoms with van der Waals surface area (Å²) in [6, 6.07) is 10.8. The summed E-state index contributed by atoms with van der Waals surface area (Å²) in [5.74, 6) is -3.83. The number of carbonyl (C=O) groups excluding carboxylic acids is 3. The summed E-state index contributed by atoms with van der Waals surface area (Å²) < 4.78 is 28.5. The van der Waals surface area contributed by atoms with Gasteiger partial charge < -0.3 is 33.8 Å². The molecule has 1 aromatic heterocycles. The third kappa shape index (κ3) is 4.33. The number of carbonyl (C=O) groups is 4. The normalized spacial score (nSPS) is 22.1. The average molecular weight is 634 g/mol. The molecule has 6 rings (SSSR count). The lowest BCUT2D eigenvalue weighted by Crippen LogP contribution is -2.58. The van der Waals surface area contributed by atoms with E-state index in [1.807, 2.05) is 0 Å². The second-order valence-electron chi connectivity index (χ2n) is 11.0. The number of methoxy groups -OCH3 is 3. The molecule has 0 saturated carbocycles. The lowest BCUT2D eigenvalue weighted by Gasteiger charge is -2.42. The van der Waals surface area contributed by atoms with Crippen molar-refractivity contribution < 1.29 is 47.6 Å². The van der Waals surface area contributed by atoms with Gasteiger partial charge in [-0.05, 0) is 37.6 Å². The minimum absolute atomic E-state index is 0.0206. The molecule has 0 fully saturated rings. The number of carboxylic acids is 1. The number of carboxylic acid groups (broad SMARTS) is 1. The van der Waals surface area contributed by atoms with Crippen molar-refractivity contribution in [3.8, 4) is 28.6 Å². The monoisotopic (exact) mass is 633 g/mol. The molecule has 1 aliphatic carbocycles. The molecular weight excluding hydrogens is 606 g/mol. The van der Waals surface area contributed by atoms with E-state index < -0.39 is 40.9 Å². The number of benzene rings is 2. The van der Waals surface area contributed by atoms with Crippen molar-refractivity contribution >= 4 is 35.1 Å². The van der Waals surface area contributed by atoms with Gasteiger partial charge in [-0.1, -0.05) is 30.7 Å².